The van der Waals surface area contributed by atoms with Gasteiger partial charge in [0.15, 0.2) is 0 Å². The molecule has 2 aliphatic rings. The zero-order valence-corrected chi connectivity index (χ0v) is 17.6. The predicted octanol–water partition coefficient (Wildman–Crippen LogP) is 2.30. The molecule has 3 rings (SSSR count). The average molecular weight is 402 g/mol. The van der Waals surface area contributed by atoms with E-state index in [0.29, 0.717) is 31.9 Å². The van der Waals surface area contributed by atoms with Gasteiger partial charge in [-0.05, 0) is 39.8 Å². The highest BCUT2D eigenvalue weighted by Crippen LogP contribution is 2.31. The molecule has 158 valence electrons. The number of benzene rings is 1. The molecule has 0 spiro atoms. The average Bonchev–Trinajstić information content (AvgIpc) is 2.75. The number of ether oxygens (including phenoxy) is 1. The molecule has 0 aliphatic carbocycles. The Morgan fingerprint density at radius 3 is 2.45 bits per heavy atom. The van der Waals surface area contributed by atoms with Crippen LogP contribution in [0.3, 0.4) is 0 Å². The van der Waals surface area contributed by atoms with Crippen LogP contribution in [0, 0.1) is 0 Å². The molecule has 8 nitrogen and oxygen atoms in total. The van der Waals surface area contributed by atoms with Crippen molar-refractivity contribution in [1.29, 1.82) is 0 Å². The first-order valence-electron chi connectivity index (χ1n) is 10.1. The van der Waals surface area contributed by atoms with Crippen molar-refractivity contribution in [2.45, 2.75) is 45.8 Å². The van der Waals surface area contributed by atoms with E-state index in [1.54, 1.807) is 9.80 Å². The Hall–Kier alpha value is -2.61. The van der Waals surface area contributed by atoms with Crippen LogP contribution < -0.4 is 10.2 Å². The first kappa shape index (κ1) is 21.1. The smallest absolute Gasteiger partial charge is 0.410 e. The molecular formula is C21H30N4O4. The molecule has 2 heterocycles. The number of hydrogen-bond acceptors (Lipinski definition) is 5. The van der Waals surface area contributed by atoms with Crippen LogP contribution in [0.2, 0.25) is 0 Å². The quantitative estimate of drug-likeness (QED) is 0.821. The fraction of sp³-hybridized carbons (Fsp3) is 0.571. The van der Waals surface area contributed by atoms with Gasteiger partial charge in [-0.2, -0.15) is 0 Å². The van der Waals surface area contributed by atoms with Crippen LogP contribution in [0.1, 0.15) is 34.1 Å². The lowest BCUT2D eigenvalue weighted by atomic mass is 10.1. The zero-order chi connectivity index (χ0) is 21.2. The predicted molar refractivity (Wildman–Crippen MR) is 111 cm³/mol. The highest BCUT2D eigenvalue weighted by molar-refractivity contribution is 6.04. The Bertz CT molecular complexity index is 781. The second kappa shape index (κ2) is 8.41. The van der Waals surface area contributed by atoms with E-state index < -0.39 is 5.60 Å². The Kier molecular flexibility index (Phi) is 6.12. The number of carbonyl (C=O) groups is 3. The van der Waals surface area contributed by atoms with Crippen molar-refractivity contribution in [2.75, 3.05) is 42.9 Å². The topological polar surface area (TPSA) is 82.2 Å². The van der Waals surface area contributed by atoms with Crippen molar-refractivity contribution in [3.05, 3.63) is 24.3 Å². The second-order valence-electron chi connectivity index (χ2n) is 8.63. The van der Waals surface area contributed by atoms with Crippen molar-refractivity contribution in [3.63, 3.8) is 0 Å². The maximum absolute atomic E-state index is 13.1. The molecule has 1 aromatic carbocycles. The first-order chi connectivity index (χ1) is 13.6. The van der Waals surface area contributed by atoms with Crippen LogP contribution in [0.15, 0.2) is 24.3 Å². The number of nitrogens with one attached hydrogen (secondary N) is 1. The normalized spacial score (nSPS) is 20.6. The van der Waals surface area contributed by atoms with Gasteiger partial charge in [0.1, 0.15) is 5.60 Å². The van der Waals surface area contributed by atoms with Crippen molar-refractivity contribution in [3.8, 4) is 0 Å². The maximum Gasteiger partial charge on any atom is 0.410 e. The third kappa shape index (κ3) is 5.26. The number of carbonyl (C=O) groups excluding carboxylic acids is 3. The minimum Gasteiger partial charge on any atom is -0.444 e. The lowest BCUT2D eigenvalue weighted by Gasteiger charge is -2.36. The Morgan fingerprint density at radius 2 is 1.79 bits per heavy atom. The van der Waals surface area contributed by atoms with Crippen LogP contribution >= 0.6 is 0 Å². The van der Waals surface area contributed by atoms with Gasteiger partial charge in [-0.3, -0.25) is 14.5 Å². The molecule has 2 aliphatic heterocycles. The summed E-state index contributed by atoms with van der Waals surface area (Å²) in [5.74, 6) is -0.140. The van der Waals surface area contributed by atoms with Crippen molar-refractivity contribution < 1.29 is 19.1 Å². The standard InChI is InChI=1S/C21H30N4O4/c1-15-13-18(26)22-16-7-5-6-8-17(16)25(15)19(27)14-23-9-11-24(12-10-23)20(28)29-21(2,3)4/h5-8,15H,9-14H2,1-4H3,(H,22,26). The van der Waals surface area contributed by atoms with E-state index >= 15 is 0 Å². The molecule has 1 saturated heterocycles. The number of para-hydroxylation sites is 2. The minimum atomic E-state index is -0.522. The van der Waals surface area contributed by atoms with Crippen molar-refractivity contribution in [1.82, 2.24) is 9.80 Å². The summed E-state index contributed by atoms with van der Waals surface area (Å²) in [5, 5.41) is 2.87. The molecular weight excluding hydrogens is 372 g/mol. The summed E-state index contributed by atoms with van der Waals surface area (Å²) in [6.45, 7) is 9.93. The highest BCUT2D eigenvalue weighted by atomic mass is 16.6. The van der Waals surface area contributed by atoms with Crippen LogP contribution in [-0.4, -0.2) is 72.1 Å². The van der Waals surface area contributed by atoms with Gasteiger partial charge >= 0.3 is 6.09 Å². The third-order valence-corrected chi connectivity index (χ3v) is 5.01. The van der Waals surface area contributed by atoms with Gasteiger partial charge in [-0.15, -0.1) is 0 Å². The SMILES string of the molecule is CC1CC(=O)Nc2ccccc2N1C(=O)CN1CCN(C(=O)OC(C)(C)C)CC1. The molecule has 1 fully saturated rings. The molecule has 3 amide bonds. The summed E-state index contributed by atoms with van der Waals surface area (Å²) in [5.41, 5.74) is 0.861. The van der Waals surface area contributed by atoms with Gasteiger partial charge in [0.25, 0.3) is 0 Å². The summed E-state index contributed by atoms with van der Waals surface area (Å²) in [6, 6.07) is 7.14. The van der Waals surface area contributed by atoms with Crippen molar-refractivity contribution >= 4 is 29.3 Å². The van der Waals surface area contributed by atoms with E-state index in [9.17, 15) is 14.4 Å². The zero-order valence-electron chi connectivity index (χ0n) is 17.6. The number of rotatable bonds is 2. The van der Waals surface area contributed by atoms with Gasteiger partial charge in [0.05, 0.1) is 17.9 Å². The molecule has 1 atom stereocenters. The van der Waals surface area contributed by atoms with Crippen LogP contribution in [-0.2, 0) is 14.3 Å². The molecule has 8 heteroatoms. The molecule has 0 saturated carbocycles. The molecule has 0 radical (unpaired) electrons. The summed E-state index contributed by atoms with van der Waals surface area (Å²) in [4.78, 5) is 42.9. The minimum absolute atomic E-state index is 0.0489. The molecule has 1 unspecified atom stereocenters. The number of piperazine rings is 1. The maximum atomic E-state index is 13.1. The van der Waals surface area contributed by atoms with Crippen LogP contribution in [0.4, 0.5) is 16.2 Å². The van der Waals surface area contributed by atoms with Crippen molar-refractivity contribution in [2.24, 2.45) is 0 Å². The largest absolute Gasteiger partial charge is 0.444 e. The fourth-order valence-electron chi connectivity index (χ4n) is 3.65. The van der Waals surface area contributed by atoms with E-state index in [1.807, 2.05) is 56.9 Å². The Morgan fingerprint density at radius 1 is 1.14 bits per heavy atom. The van der Waals surface area contributed by atoms with E-state index in [1.165, 1.54) is 0 Å². The number of amides is 3. The molecule has 0 bridgehead atoms. The lowest BCUT2D eigenvalue weighted by molar-refractivity contribution is -0.120. The first-order valence-corrected chi connectivity index (χ1v) is 10.1. The Balaban J connectivity index is 1.62. The van der Waals surface area contributed by atoms with E-state index in [0.717, 1.165) is 5.69 Å². The van der Waals surface area contributed by atoms with E-state index in [2.05, 4.69) is 5.32 Å². The Labute approximate surface area is 171 Å². The molecule has 1 N–H and O–H groups in total. The molecule has 0 aromatic heterocycles. The van der Waals surface area contributed by atoms with E-state index in [-0.39, 0.29) is 36.9 Å². The monoisotopic (exact) mass is 402 g/mol. The second-order valence-corrected chi connectivity index (χ2v) is 8.63. The summed E-state index contributed by atoms with van der Waals surface area (Å²) < 4.78 is 5.42. The molecule has 1 aromatic rings. The van der Waals surface area contributed by atoms with Gasteiger partial charge in [0, 0.05) is 38.6 Å². The highest BCUT2D eigenvalue weighted by Gasteiger charge is 2.32. The number of hydrogen-bond donors (Lipinski definition) is 1. The van der Waals surface area contributed by atoms with E-state index in [4.69, 9.17) is 4.74 Å². The van der Waals surface area contributed by atoms with Gasteiger partial charge < -0.3 is 19.9 Å². The van der Waals surface area contributed by atoms with Crippen LogP contribution in [0.5, 0.6) is 0 Å². The lowest BCUT2D eigenvalue weighted by Crippen LogP contribution is -2.53. The third-order valence-electron chi connectivity index (χ3n) is 5.01. The number of fused-ring (bicyclic) bond motifs is 1. The van der Waals surface area contributed by atoms with Gasteiger partial charge in [-0.25, -0.2) is 4.79 Å². The van der Waals surface area contributed by atoms with Gasteiger partial charge in [-0.1, -0.05) is 12.1 Å². The van der Waals surface area contributed by atoms with Gasteiger partial charge in [0.2, 0.25) is 11.8 Å². The number of nitrogens with zero attached hydrogens (tertiary/aromatic N) is 3. The fourth-order valence-corrected chi connectivity index (χ4v) is 3.65. The number of anilines is 2. The summed E-state index contributed by atoms with van der Waals surface area (Å²) >= 11 is 0. The molecule has 29 heavy (non-hydrogen) atoms. The van der Waals surface area contributed by atoms with Crippen LogP contribution in [0.25, 0.3) is 0 Å². The summed E-state index contributed by atoms with van der Waals surface area (Å²) in [7, 11) is 0. The summed E-state index contributed by atoms with van der Waals surface area (Å²) in [6.07, 6.45) is -0.0598.